The number of carbonyl (C=O) groups excluding carboxylic acids is 1. The van der Waals surface area contributed by atoms with Crippen molar-refractivity contribution >= 4 is 40.7 Å². The summed E-state index contributed by atoms with van der Waals surface area (Å²) in [5.41, 5.74) is 0.455. The van der Waals surface area contributed by atoms with Crippen LogP contribution in [0.3, 0.4) is 0 Å². The van der Waals surface area contributed by atoms with Gasteiger partial charge in [0.05, 0.1) is 10.6 Å². The van der Waals surface area contributed by atoms with Crippen molar-refractivity contribution in [3.63, 3.8) is 0 Å². The van der Waals surface area contributed by atoms with Gasteiger partial charge in [-0.1, -0.05) is 23.2 Å². The highest BCUT2D eigenvalue weighted by atomic mass is 35.5. The van der Waals surface area contributed by atoms with E-state index in [9.17, 15) is 4.79 Å². The van der Waals surface area contributed by atoms with E-state index in [1.54, 1.807) is 23.1 Å². The highest BCUT2D eigenvalue weighted by Gasteiger charge is 2.33. The van der Waals surface area contributed by atoms with Crippen molar-refractivity contribution in [1.29, 1.82) is 0 Å². The lowest BCUT2D eigenvalue weighted by molar-refractivity contribution is 0.0754. The fraction of sp³-hybridized carbons (Fsp3) is 0.417. The van der Waals surface area contributed by atoms with E-state index in [-0.39, 0.29) is 5.91 Å². The summed E-state index contributed by atoms with van der Waals surface area (Å²) >= 11 is 17.6. The third-order valence-corrected chi connectivity index (χ3v) is 3.47. The van der Waals surface area contributed by atoms with Gasteiger partial charge in [0.1, 0.15) is 0 Å². The highest BCUT2D eigenvalue weighted by molar-refractivity contribution is 6.35. The molecule has 1 saturated carbocycles. The zero-order valence-corrected chi connectivity index (χ0v) is 11.4. The van der Waals surface area contributed by atoms with Crippen molar-refractivity contribution in [2.24, 2.45) is 0 Å². The molecule has 1 aromatic rings. The first-order valence-corrected chi connectivity index (χ1v) is 6.74. The first-order chi connectivity index (χ1) is 8.13. The van der Waals surface area contributed by atoms with Crippen LogP contribution in [0.4, 0.5) is 0 Å². The number of benzene rings is 1. The Morgan fingerprint density at radius 2 is 2.06 bits per heavy atom. The van der Waals surface area contributed by atoms with Crippen LogP contribution in [-0.2, 0) is 0 Å². The summed E-state index contributed by atoms with van der Waals surface area (Å²) in [5, 5.41) is 0.944. The van der Waals surface area contributed by atoms with Crippen LogP contribution in [0.2, 0.25) is 10.0 Å². The maximum atomic E-state index is 12.3. The molecular weight excluding hydrogens is 280 g/mol. The Balaban J connectivity index is 2.24. The van der Waals surface area contributed by atoms with Crippen LogP contribution in [-0.4, -0.2) is 29.3 Å². The lowest BCUT2D eigenvalue weighted by Gasteiger charge is -2.21. The number of nitrogens with zero attached hydrogens (tertiary/aromatic N) is 1. The zero-order chi connectivity index (χ0) is 12.4. The lowest BCUT2D eigenvalue weighted by atomic mass is 10.2. The molecule has 0 spiro atoms. The molecule has 0 heterocycles. The predicted molar refractivity (Wildman–Crippen MR) is 71.2 cm³/mol. The molecule has 0 aliphatic heterocycles. The highest BCUT2D eigenvalue weighted by Crippen LogP contribution is 2.30. The minimum absolute atomic E-state index is 0.0827. The number of halogens is 3. The predicted octanol–water partition coefficient (Wildman–Crippen LogP) is 3.84. The molecular formula is C12H12Cl3NO. The van der Waals surface area contributed by atoms with Crippen LogP contribution in [0.5, 0.6) is 0 Å². The van der Waals surface area contributed by atoms with E-state index in [1.807, 2.05) is 0 Å². The number of carbonyl (C=O) groups is 1. The smallest absolute Gasteiger partial charge is 0.255 e. The molecule has 0 unspecified atom stereocenters. The summed E-state index contributed by atoms with van der Waals surface area (Å²) in [4.78, 5) is 14.1. The Morgan fingerprint density at radius 3 is 2.65 bits per heavy atom. The Labute approximate surface area is 115 Å². The second-order valence-electron chi connectivity index (χ2n) is 4.04. The summed E-state index contributed by atoms with van der Waals surface area (Å²) in [6, 6.07) is 5.24. The average Bonchev–Trinajstić information content (AvgIpc) is 3.12. The molecule has 1 aromatic carbocycles. The van der Waals surface area contributed by atoms with Gasteiger partial charge < -0.3 is 4.90 Å². The van der Waals surface area contributed by atoms with E-state index < -0.39 is 0 Å². The van der Waals surface area contributed by atoms with Gasteiger partial charge in [-0.25, -0.2) is 0 Å². The molecule has 0 radical (unpaired) electrons. The van der Waals surface area contributed by atoms with Crippen molar-refractivity contribution in [2.75, 3.05) is 12.4 Å². The van der Waals surface area contributed by atoms with Crippen LogP contribution >= 0.6 is 34.8 Å². The molecule has 5 heteroatoms. The molecule has 0 bridgehead atoms. The van der Waals surface area contributed by atoms with Crippen molar-refractivity contribution in [3.8, 4) is 0 Å². The molecule has 17 heavy (non-hydrogen) atoms. The molecule has 1 aliphatic carbocycles. The van der Waals surface area contributed by atoms with Crippen molar-refractivity contribution in [1.82, 2.24) is 4.90 Å². The van der Waals surface area contributed by atoms with Gasteiger partial charge in [-0.05, 0) is 31.0 Å². The fourth-order valence-corrected chi connectivity index (χ4v) is 2.30. The molecule has 0 aromatic heterocycles. The van der Waals surface area contributed by atoms with E-state index in [1.165, 1.54) is 0 Å². The van der Waals surface area contributed by atoms with Crippen LogP contribution in [0, 0.1) is 0 Å². The van der Waals surface area contributed by atoms with Crippen LogP contribution in [0.1, 0.15) is 23.2 Å². The second kappa shape index (κ2) is 5.47. The first kappa shape index (κ1) is 13.0. The second-order valence-corrected chi connectivity index (χ2v) is 5.26. The minimum Gasteiger partial charge on any atom is -0.334 e. The normalized spacial score (nSPS) is 14.8. The maximum Gasteiger partial charge on any atom is 0.255 e. The van der Waals surface area contributed by atoms with Gasteiger partial charge in [-0.3, -0.25) is 4.79 Å². The fourth-order valence-electron chi connectivity index (χ4n) is 1.74. The Morgan fingerprint density at radius 1 is 1.35 bits per heavy atom. The van der Waals surface area contributed by atoms with Gasteiger partial charge in [0.15, 0.2) is 0 Å². The topological polar surface area (TPSA) is 20.3 Å². The van der Waals surface area contributed by atoms with Crippen molar-refractivity contribution < 1.29 is 4.79 Å². The van der Waals surface area contributed by atoms with Gasteiger partial charge in [-0.15, -0.1) is 11.6 Å². The molecule has 0 N–H and O–H groups in total. The molecule has 1 fully saturated rings. The molecule has 0 saturated heterocycles. The SMILES string of the molecule is O=C(c1cc(Cl)ccc1Cl)N(CCCl)C1CC1. The van der Waals surface area contributed by atoms with E-state index in [2.05, 4.69) is 0 Å². The summed E-state index contributed by atoms with van der Waals surface area (Å²) in [6.07, 6.45) is 2.08. The minimum atomic E-state index is -0.0827. The van der Waals surface area contributed by atoms with E-state index in [0.717, 1.165) is 12.8 Å². The zero-order valence-electron chi connectivity index (χ0n) is 9.13. The number of rotatable bonds is 4. The van der Waals surface area contributed by atoms with Crippen LogP contribution in [0.15, 0.2) is 18.2 Å². The largest absolute Gasteiger partial charge is 0.334 e. The van der Waals surface area contributed by atoms with Gasteiger partial charge in [0.25, 0.3) is 5.91 Å². The van der Waals surface area contributed by atoms with Crippen LogP contribution in [0.25, 0.3) is 0 Å². The Kier molecular flexibility index (Phi) is 4.18. The van der Waals surface area contributed by atoms with Gasteiger partial charge in [-0.2, -0.15) is 0 Å². The number of hydrogen-bond donors (Lipinski definition) is 0. The Hall–Kier alpha value is -0.440. The van der Waals surface area contributed by atoms with E-state index >= 15 is 0 Å². The van der Waals surface area contributed by atoms with Gasteiger partial charge in [0.2, 0.25) is 0 Å². The maximum absolute atomic E-state index is 12.3. The van der Waals surface area contributed by atoms with Gasteiger partial charge >= 0.3 is 0 Å². The third kappa shape index (κ3) is 3.06. The van der Waals surface area contributed by atoms with E-state index in [0.29, 0.717) is 34.1 Å². The standard InChI is InChI=1S/C12H12Cl3NO/c13-5-6-16(9-2-3-9)12(17)10-7-8(14)1-4-11(10)15/h1,4,7,9H,2-3,5-6H2. The average molecular weight is 293 g/mol. The number of hydrogen-bond acceptors (Lipinski definition) is 1. The quantitative estimate of drug-likeness (QED) is 0.772. The summed E-state index contributed by atoms with van der Waals surface area (Å²) < 4.78 is 0. The third-order valence-electron chi connectivity index (χ3n) is 2.73. The molecule has 2 nitrogen and oxygen atoms in total. The summed E-state index contributed by atoms with van der Waals surface area (Å²) in [6.45, 7) is 0.550. The van der Waals surface area contributed by atoms with E-state index in [4.69, 9.17) is 34.8 Å². The molecule has 1 amide bonds. The van der Waals surface area contributed by atoms with Crippen molar-refractivity contribution in [3.05, 3.63) is 33.8 Å². The first-order valence-electron chi connectivity index (χ1n) is 5.45. The van der Waals surface area contributed by atoms with Gasteiger partial charge in [0, 0.05) is 23.5 Å². The Bertz CT molecular complexity index is 432. The summed E-state index contributed by atoms with van der Waals surface area (Å²) in [7, 11) is 0. The van der Waals surface area contributed by atoms with Crippen LogP contribution < -0.4 is 0 Å². The van der Waals surface area contributed by atoms with Crippen molar-refractivity contribution in [2.45, 2.75) is 18.9 Å². The lowest BCUT2D eigenvalue weighted by Crippen LogP contribution is -2.34. The molecule has 1 aliphatic rings. The molecule has 92 valence electrons. The number of amides is 1. The summed E-state index contributed by atoms with van der Waals surface area (Å²) in [5.74, 6) is 0.348. The monoisotopic (exact) mass is 291 g/mol. The number of alkyl halides is 1. The molecule has 0 atom stereocenters. The molecule has 2 rings (SSSR count).